The third kappa shape index (κ3) is 3.10. The summed E-state index contributed by atoms with van der Waals surface area (Å²) in [5.41, 5.74) is 3.26. The number of rotatable bonds is 3. The monoisotopic (exact) mass is 327 g/mol. The third-order valence-electron chi connectivity index (χ3n) is 3.44. The molecule has 1 N–H and O–H groups in total. The molecule has 3 rings (SSSR count). The molecule has 1 amide bonds. The highest BCUT2D eigenvalue weighted by atomic mass is 35.5. The van der Waals surface area contributed by atoms with Crippen molar-refractivity contribution in [2.24, 2.45) is 0 Å². The summed E-state index contributed by atoms with van der Waals surface area (Å²) in [6.07, 6.45) is 0. The highest BCUT2D eigenvalue weighted by Crippen LogP contribution is 2.26. The van der Waals surface area contributed by atoms with Gasteiger partial charge in [-0.2, -0.15) is 0 Å². The highest BCUT2D eigenvalue weighted by Gasteiger charge is 2.18. The smallest absolute Gasteiger partial charge is 0.313 e. The van der Waals surface area contributed by atoms with Gasteiger partial charge in [-0.1, -0.05) is 41.9 Å². The molecular weight excluding hydrogens is 314 g/mol. The van der Waals surface area contributed by atoms with Gasteiger partial charge < -0.3 is 9.73 Å². The number of aryl methyl sites for hydroxylation is 2. The topological polar surface area (TPSA) is 68.0 Å². The van der Waals surface area contributed by atoms with E-state index in [0.29, 0.717) is 10.6 Å². The van der Waals surface area contributed by atoms with E-state index in [2.05, 4.69) is 15.5 Å². The molecule has 2 aromatic carbocycles. The van der Waals surface area contributed by atoms with E-state index in [9.17, 15) is 4.79 Å². The van der Waals surface area contributed by atoms with Gasteiger partial charge >= 0.3 is 11.8 Å². The number of halogens is 1. The molecular formula is C17H14ClN3O2. The van der Waals surface area contributed by atoms with Crippen LogP contribution in [0.2, 0.25) is 5.02 Å². The summed E-state index contributed by atoms with van der Waals surface area (Å²) in [5, 5.41) is 11.0. The number of benzene rings is 2. The second kappa shape index (κ2) is 6.22. The molecule has 0 aliphatic heterocycles. The molecule has 116 valence electrons. The van der Waals surface area contributed by atoms with Crippen molar-refractivity contribution in [1.29, 1.82) is 0 Å². The molecule has 0 bridgehead atoms. The zero-order chi connectivity index (χ0) is 16.4. The average molecular weight is 328 g/mol. The first-order valence-corrected chi connectivity index (χ1v) is 7.40. The van der Waals surface area contributed by atoms with Crippen molar-refractivity contribution in [3.63, 3.8) is 0 Å². The predicted molar refractivity (Wildman–Crippen MR) is 88.6 cm³/mol. The van der Waals surface area contributed by atoms with Crippen LogP contribution in [0, 0.1) is 13.8 Å². The molecule has 1 aromatic heterocycles. The molecule has 0 radical (unpaired) electrons. The minimum atomic E-state index is -0.451. The Bertz CT molecular complexity index is 854. The van der Waals surface area contributed by atoms with E-state index in [1.807, 2.05) is 38.1 Å². The third-order valence-corrected chi connectivity index (χ3v) is 3.77. The van der Waals surface area contributed by atoms with Crippen LogP contribution >= 0.6 is 11.6 Å². The first-order chi connectivity index (χ1) is 11.1. The van der Waals surface area contributed by atoms with Gasteiger partial charge in [0.25, 0.3) is 0 Å². The van der Waals surface area contributed by atoms with Gasteiger partial charge in [-0.05, 0) is 37.1 Å². The molecule has 5 nitrogen and oxygen atoms in total. The molecule has 0 fully saturated rings. The largest absolute Gasteiger partial charge is 0.412 e. The Morgan fingerprint density at radius 2 is 1.74 bits per heavy atom. The fourth-order valence-corrected chi connectivity index (χ4v) is 2.45. The Balaban J connectivity index is 1.86. The number of anilines is 1. The van der Waals surface area contributed by atoms with Gasteiger partial charge in [-0.15, -0.1) is 10.2 Å². The molecule has 0 aliphatic carbocycles. The number of amides is 1. The van der Waals surface area contributed by atoms with E-state index in [1.165, 1.54) is 0 Å². The maximum absolute atomic E-state index is 12.3. The van der Waals surface area contributed by atoms with Crippen molar-refractivity contribution < 1.29 is 9.21 Å². The van der Waals surface area contributed by atoms with Crippen LogP contribution in [0.15, 0.2) is 46.9 Å². The Labute approximate surface area is 138 Å². The van der Waals surface area contributed by atoms with Crippen molar-refractivity contribution in [2.75, 3.05) is 5.32 Å². The van der Waals surface area contributed by atoms with Crippen molar-refractivity contribution in [2.45, 2.75) is 13.8 Å². The van der Waals surface area contributed by atoms with Gasteiger partial charge in [0, 0.05) is 5.69 Å². The Morgan fingerprint density at radius 1 is 1.04 bits per heavy atom. The van der Waals surface area contributed by atoms with Crippen molar-refractivity contribution in [3.8, 4) is 11.5 Å². The van der Waals surface area contributed by atoms with E-state index >= 15 is 0 Å². The summed E-state index contributed by atoms with van der Waals surface area (Å²) in [6.45, 7) is 3.84. The highest BCUT2D eigenvalue weighted by molar-refractivity contribution is 6.33. The first-order valence-electron chi connectivity index (χ1n) is 7.02. The molecule has 0 aliphatic rings. The molecule has 0 saturated carbocycles. The summed E-state index contributed by atoms with van der Waals surface area (Å²) in [4.78, 5) is 12.3. The van der Waals surface area contributed by atoms with E-state index in [1.54, 1.807) is 18.2 Å². The van der Waals surface area contributed by atoms with Gasteiger partial charge in [0.15, 0.2) is 0 Å². The SMILES string of the molecule is Cc1cccc(C)c1NC(=O)c1nnc(-c2ccccc2Cl)o1. The molecule has 0 unspecified atom stereocenters. The second-order valence-corrected chi connectivity index (χ2v) is 5.52. The number of hydrogen-bond acceptors (Lipinski definition) is 4. The summed E-state index contributed by atoms with van der Waals surface area (Å²) >= 11 is 6.09. The fraction of sp³-hybridized carbons (Fsp3) is 0.118. The van der Waals surface area contributed by atoms with Gasteiger partial charge in [0.2, 0.25) is 5.89 Å². The standard InChI is InChI=1S/C17H14ClN3O2/c1-10-6-5-7-11(2)14(10)19-15(22)17-21-20-16(23-17)12-8-3-4-9-13(12)18/h3-9H,1-2H3,(H,19,22). The quantitative estimate of drug-likeness (QED) is 0.780. The number of aromatic nitrogens is 2. The number of carbonyl (C=O) groups is 1. The predicted octanol–water partition coefficient (Wildman–Crippen LogP) is 4.26. The van der Waals surface area contributed by atoms with Crippen molar-refractivity contribution >= 4 is 23.2 Å². The van der Waals surface area contributed by atoms with Crippen LogP contribution < -0.4 is 5.32 Å². The molecule has 3 aromatic rings. The van der Waals surface area contributed by atoms with Gasteiger partial charge in [-0.25, -0.2) is 0 Å². The van der Waals surface area contributed by atoms with Crippen molar-refractivity contribution in [1.82, 2.24) is 10.2 Å². The van der Waals surface area contributed by atoms with Crippen LogP contribution in [0.25, 0.3) is 11.5 Å². The Kier molecular flexibility index (Phi) is 4.12. The van der Waals surface area contributed by atoms with Gasteiger partial charge in [0.05, 0.1) is 10.6 Å². The van der Waals surface area contributed by atoms with Gasteiger partial charge in [-0.3, -0.25) is 4.79 Å². The first kappa shape index (κ1) is 15.2. The lowest BCUT2D eigenvalue weighted by molar-refractivity contribution is 0.0990. The summed E-state index contributed by atoms with van der Waals surface area (Å²) < 4.78 is 5.45. The Hall–Kier alpha value is -2.66. The molecule has 1 heterocycles. The number of hydrogen-bond donors (Lipinski definition) is 1. The molecule has 0 atom stereocenters. The summed E-state index contributed by atoms with van der Waals surface area (Å²) in [5.74, 6) is -0.349. The second-order valence-electron chi connectivity index (χ2n) is 5.11. The van der Waals surface area contributed by atoms with Crippen molar-refractivity contribution in [3.05, 3.63) is 64.5 Å². The fourth-order valence-electron chi connectivity index (χ4n) is 2.24. The Morgan fingerprint density at radius 3 is 2.43 bits per heavy atom. The number of nitrogens with one attached hydrogen (secondary N) is 1. The lowest BCUT2D eigenvalue weighted by atomic mass is 10.1. The summed E-state index contributed by atoms with van der Waals surface area (Å²) in [6, 6.07) is 12.9. The van der Waals surface area contributed by atoms with Crippen LogP contribution in [0.4, 0.5) is 5.69 Å². The zero-order valence-corrected chi connectivity index (χ0v) is 13.4. The van der Waals surface area contributed by atoms with E-state index < -0.39 is 5.91 Å². The van der Waals surface area contributed by atoms with E-state index in [0.717, 1.165) is 16.8 Å². The minimum Gasteiger partial charge on any atom is -0.412 e. The van der Waals surface area contributed by atoms with Gasteiger partial charge in [0.1, 0.15) is 0 Å². The molecule has 0 spiro atoms. The van der Waals surface area contributed by atoms with E-state index in [4.69, 9.17) is 16.0 Å². The number of nitrogens with zero attached hydrogens (tertiary/aromatic N) is 2. The van der Waals surface area contributed by atoms with Crippen LogP contribution in [0.5, 0.6) is 0 Å². The molecule has 0 saturated heterocycles. The lowest BCUT2D eigenvalue weighted by Gasteiger charge is -2.09. The zero-order valence-electron chi connectivity index (χ0n) is 12.6. The number of carbonyl (C=O) groups excluding carboxylic acids is 1. The average Bonchev–Trinajstić information content (AvgIpc) is 3.01. The minimum absolute atomic E-state index is 0.109. The molecule has 6 heteroatoms. The van der Waals surface area contributed by atoms with Crippen LogP contribution in [-0.2, 0) is 0 Å². The molecule has 23 heavy (non-hydrogen) atoms. The maximum atomic E-state index is 12.3. The summed E-state index contributed by atoms with van der Waals surface area (Å²) in [7, 11) is 0. The maximum Gasteiger partial charge on any atom is 0.313 e. The normalized spacial score (nSPS) is 10.6. The lowest BCUT2D eigenvalue weighted by Crippen LogP contribution is -2.14. The number of para-hydroxylation sites is 1. The van der Waals surface area contributed by atoms with E-state index in [-0.39, 0.29) is 11.8 Å². The van der Waals surface area contributed by atoms with Crippen LogP contribution in [-0.4, -0.2) is 16.1 Å². The van der Waals surface area contributed by atoms with Crippen LogP contribution in [0.1, 0.15) is 21.8 Å². The van der Waals surface area contributed by atoms with Crippen LogP contribution in [0.3, 0.4) is 0 Å².